The Bertz CT molecular complexity index is 616. The van der Waals surface area contributed by atoms with Gasteiger partial charge in [0.15, 0.2) is 0 Å². The number of aromatic nitrogens is 2. The molecule has 0 aromatic carbocycles. The Morgan fingerprint density at radius 1 is 1.42 bits per heavy atom. The zero-order valence-corrected chi connectivity index (χ0v) is 10.5. The van der Waals surface area contributed by atoms with Gasteiger partial charge in [0.2, 0.25) is 11.8 Å². The fourth-order valence-electron chi connectivity index (χ4n) is 2.22. The van der Waals surface area contributed by atoms with E-state index in [1.54, 1.807) is 0 Å². The van der Waals surface area contributed by atoms with Gasteiger partial charge in [-0.1, -0.05) is 6.07 Å². The second-order valence-corrected chi connectivity index (χ2v) is 4.63. The maximum atomic E-state index is 11.7. The number of imidazole rings is 1. The molecule has 3 rings (SSSR count). The summed E-state index contributed by atoms with van der Waals surface area (Å²) in [5.41, 5.74) is 1.71. The average molecular weight is 258 g/mol. The van der Waals surface area contributed by atoms with Crippen LogP contribution < -0.4 is 5.32 Å². The fourth-order valence-corrected chi connectivity index (χ4v) is 2.22. The zero-order valence-electron chi connectivity index (χ0n) is 10.5. The van der Waals surface area contributed by atoms with Crippen LogP contribution in [-0.2, 0) is 16.1 Å². The van der Waals surface area contributed by atoms with Gasteiger partial charge in [-0.25, -0.2) is 4.98 Å². The lowest BCUT2D eigenvalue weighted by atomic mass is 10.2. The number of likely N-dealkylation sites (tertiary alicyclic amines) is 1. The zero-order chi connectivity index (χ0) is 13.4. The average Bonchev–Trinajstić information content (AvgIpc) is 2.93. The van der Waals surface area contributed by atoms with E-state index >= 15 is 0 Å². The van der Waals surface area contributed by atoms with Gasteiger partial charge in [-0.2, -0.15) is 0 Å². The number of hydrogen-bond acceptors (Lipinski definition) is 4. The highest BCUT2D eigenvalue weighted by molar-refractivity contribution is 6.05. The molecular weight excluding hydrogens is 244 g/mol. The van der Waals surface area contributed by atoms with E-state index in [1.165, 1.54) is 11.9 Å². The smallest absolute Gasteiger partial charge is 0.246 e. The van der Waals surface area contributed by atoms with Crippen molar-refractivity contribution >= 4 is 17.5 Å². The summed E-state index contributed by atoms with van der Waals surface area (Å²) in [7, 11) is 1.51. The number of amides is 2. The molecule has 0 spiro atoms. The number of nitrogens with one attached hydrogen (secondary N) is 1. The lowest BCUT2D eigenvalue weighted by Gasteiger charge is -2.09. The van der Waals surface area contributed by atoms with Crippen LogP contribution in [0.3, 0.4) is 0 Å². The van der Waals surface area contributed by atoms with Crippen molar-refractivity contribution in [3.05, 3.63) is 36.3 Å². The van der Waals surface area contributed by atoms with Crippen LogP contribution in [0.5, 0.6) is 0 Å². The summed E-state index contributed by atoms with van der Waals surface area (Å²) < 4.78 is 1.92. The van der Waals surface area contributed by atoms with Crippen LogP contribution in [0.1, 0.15) is 12.1 Å². The maximum absolute atomic E-state index is 11.7. The minimum Gasteiger partial charge on any atom is -0.307 e. The van der Waals surface area contributed by atoms with E-state index in [2.05, 4.69) is 10.3 Å². The van der Waals surface area contributed by atoms with Crippen molar-refractivity contribution in [2.75, 3.05) is 7.05 Å². The number of hydrogen-bond donors (Lipinski definition) is 1. The molecule has 6 heteroatoms. The van der Waals surface area contributed by atoms with E-state index in [1.807, 2.05) is 35.0 Å². The predicted octanol–water partition coefficient (Wildman–Crippen LogP) is 0.181. The molecule has 1 atom stereocenters. The van der Waals surface area contributed by atoms with E-state index in [0.29, 0.717) is 6.54 Å². The van der Waals surface area contributed by atoms with Crippen molar-refractivity contribution in [1.82, 2.24) is 19.6 Å². The van der Waals surface area contributed by atoms with Gasteiger partial charge in [-0.15, -0.1) is 0 Å². The Morgan fingerprint density at radius 2 is 2.26 bits per heavy atom. The normalized spacial score (nSPS) is 19.6. The molecule has 1 unspecified atom stereocenters. The molecular formula is C13H14N4O2. The number of imide groups is 1. The first-order valence-electron chi connectivity index (χ1n) is 6.11. The summed E-state index contributed by atoms with van der Waals surface area (Å²) in [5, 5.41) is 3.08. The number of likely N-dealkylation sites (N-methyl/N-ethyl adjacent to an activating group) is 1. The van der Waals surface area contributed by atoms with E-state index in [0.717, 1.165) is 11.3 Å². The number of carbonyl (C=O) groups excluding carboxylic acids is 2. The largest absolute Gasteiger partial charge is 0.307 e. The second kappa shape index (κ2) is 4.47. The maximum Gasteiger partial charge on any atom is 0.246 e. The Balaban J connectivity index is 1.69. The van der Waals surface area contributed by atoms with Crippen molar-refractivity contribution in [1.29, 1.82) is 0 Å². The van der Waals surface area contributed by atoms with Gasteiger partial charge in [-0.05, 0) is 12.1 Å². The number of rotatable bonds is 3. The van der Waals surface area contributed by atoms with Crippen molar-refractivity contribution in [3.8, 4) is 0 Å². The highest BCUT2D eigenvalue weighted by Gasteiger charge is 2.35. The Hall–Kier alpha value is -2.21. The molecule has 98 valence electrons. The Morgan fingerprint density at radius 3 is 2.95 bits per heavy atom. The summed E-state index contributed by atoms with van der Waals surface area (Å²) in [6, 6.07) is 5.34. The van der Waals surface area contributed by atoms with Crippen LogP contribution >= 0.6 is 0 Å². The molecule has 1 N–H and O–H groups in total. The van der Waals surface area contributed by atoms with Gasteiger partial charge in [0.25, 0.3) is 0 Å². The molecule has 0 bridgehead atoms. The highest BCUT2D eigenvalue weighted by atomic mass is 16.2. The fraction of sp³-hybridized carbons (Fsp3) is 0.308. The summed E-state index contributed by atoms with van der Waals surface area (Å²) in [6.45, 7) is 0.471. The van der Waals surface area contributed by atoms with Crippen LogP contribution in [0.4, 0.5) is 0 Å². The van der Waals surface area contributed by atoms with Gasteiger partial charge in [0.1, 0.15) is 5.65 Å². The molecule has 2 aromatic rings. The van der Waals surface area contributed by atoms with Gasteiger partial charge < -0.3 is 4.40 Å². The lowest BCUT2D eigenvalue weighted by molar-refractivity contribution is -0.137. The molecule has 19 heavy (non-hydrogen) atoms. The second-order valence-electron chi connectivity index (χ2n) is 4.63. The minimum atomic E-state index is -0.428. The predicted molar refractivity (Wildman–Crippen MR) is 68.2 cm³/mol. The first-order valence-corrected chi connectivity index (χ1v) is 6.11. The first-order chi connectivity index (χ1) is 9.15. The molecule has 1 aliphatic heterocycles. The Labute approximate surface area is 110 Å². The molecule has 0 radical (unpaired) electrons. The van der Waals surface area contributed by atoms with Crippen LogP contribution in [0.15, 0.2) is 30.6 Å². The summed E-state index contributed by atoms with van der Waals surface area (Å²) >= 11 is 0. The van der Waals surface area contributed by atoms with Gasteiger partial charge in [0, 0.05) is 26.0 Å². The van der Waals surface area contributed by atoms with Crippen molar-refractivity contribution in [2.24, 2.45) is 0 Å². The van der Waals surface area contributed by atoms with E-state index in [4.69, 9.17) is 0 Å². The van der Waals surface area contributed by atoms with Gasteiger partial charge in [0.05, 0.1) is 18.2 Å². The molecule has 0 aliphatic carbocycles. The molecule has 1 saturated heterocycles. The third kappa shape index (κ3) is 2.10. The third-order valence-corrected chi connectivity index (χ3v) is 3.32. The van der Waals surface area contributed by atoms with Crippen LogP contribution in [0.25, 0.3) is 5.65 Å². The van der Waals surface area contributed by atoms with Crippen molar-refractivity contribution < 1.29 is 9.59 Å². The molecule has 1 fully saturated rings. The van der Waals surface area contributed by atoms with E-state index in [-0.39, 0.29) is 18.2 Å². The Kier molecular flexibility index (Phi) is 2.79. The highest BCUT2D eigenvalue weighted by Crippen LogP contribution is 2.11. The topological polar surface area (TPSA) is 66.7 Å². The number of pyridine rings is 1. The van der Waals surface area contributed by atoms with Crippen LogP contribution in [-0.4, -0.2) is 39.2 Å². The van der Waals surface area contributed by atoms with Crippen LogP contribution in [0.2, 0.25) is 0 Å². The number of nitrogens with zero attached hydrogens (tertiary/aromatic N) is 3. The summed E-state index contributed by atoms with van der Waals surface area (Å²) in [4.78, 5) is 28.7. The van der Waals surface area contributed by atoms with Gasteiger partial charge >= 0.3 is 0 Å². The molecule has 3 heterocycles. The molecule has 2 amide bonds. The van der Waals surface area contributed by atoms with E-state index in [9.17, 15) is 9.59 Å². The standard InChI is InChI=1S/C13H14N4O2/c1-16-12(18)6-10(13(16)19)14-7-9-8-17-5-3-2-4-11(17)15-9/h2-5,8,10,14H,6-7H2,1H3. The quantitative estimate of drug-likeness (QED) is 0.798. The first kappa shape index (κ1) is 11.9. The summed E-state index contributed by atoms with van der Waals surface area (Å²) in [6.07, 6.45) is 4.06. The summed E-state index contributed by atoms with van der Waals surface area (Å²) in [5.74, 6) is -0.314. The monoisotopic (exact) mass is 258 g/mol. The van der Waals surface area contributed by atoms with Gasteiger partial charge in [-0.3, -0.25) is 19.8 Å². The molecule has 0 saturated carbocycles. The lowest BCUT2D eigenvalue weighted by Crippen LogP contribution is -2.36. The molecule has 6 nitrogen and oxygen atoms in total. The number of carbonyl (C=O) groups is 2. The van der Waals surface area contributed by atoms with E-state index < -0.39 is 6.04 Å². The molecule has 1 aliphatic rings. The molecule has 2 aromatic heterocycles. The van der Waals surface area contributed by atoms with Crippen molar-refractivity contribution in [2.45, 2.75) is 19.0 Å². The van der Waals surface area contributed by atoms with Crippen LogP contribution in [0, 0.1) is 0 Å². The number of fused-ring (bicyclic) bond motifs is 1. The SMILES string of the molecule is CN1C(=O)CC(NCc2cn3ccccc3n2)C1=O. The third-order valence-electron chi connectivity index (χ3n) is 3.32. The minimum absolute atomic E-state index is 0.141. The van der Waals surface area contributed by atoms with Crippen molar-refractivity contribution in [3.63, 3.8) is 0 Å².